The monoisotopic (exact) mass is 419 g/mol. The fraction of sp³-hybridized carbons (Fsp3) is 0.364. The zero-order valence-electron chi connectivity index (χ0n) is 16.9. The van der Waals surface area contributed by atoms with Gasteiger partial charge in [0.15, 0.2) is 11.6 Å². The molecule has 1 fully saturated rings. The van der Waals surface area contributed by atoms with Crippen LogP contribution in [0.1, 0.15) is 37.6 Å². The van der Waals surface area contributed by atoms with E-state index >= 15 is 0 Å². The van der Waals surface area contributed by atoms with Crippen molar-refractivity contribution in [2.45, 2.75) is 38.9 Å². The highest BCUT2D eigenvalue weighted by molar-refractivity contribution is 5.88. The van der Waals surface area contributed by atoms with Crippen molar-refractivity contribution in [1.29, 1.82) is 0 Å². The zero-order valence-corrected chi connectivity index (χ0v) is 16.9. The van der Waals surface area contributed by atoms with E-state index in [1.54, 1.807) is 20.8 Å². The minimum Gasteiger partial charge on any atom is -0.485 e. The highest BCUT2D eigenvalue weighted by Crippen LogP contribution is 2.35. The highest BCUT2D eigenvalue weighted by atomic mass is 19.2. The van der Waals surface area contributed by atoms with Gasteiger partial charge in [-0.15, -0.1) is 0 Å². The number of rotatable bonds is 4. The van der Waals surface area contributed by atoms with Gasteiger partial charge in [-0.2, -0.15) is 4.39 Å². The fourth-order valence-corrected chi connectivity index (χ4v) is 3.15. The number of amides is 1. The first-order chi connectivity index (χ1) is 14.0. The van der Waals surface area contributed by atoms with Crippen LogP contribution in [0.3, 0.4) is 0 Å². The maximum atomic E-state index is 14.6. The average Bonchev–Trinajstić information content (AvgIpc) is 3.13. The first-order valence-corrected chi connectivity index (χ1v) is 9.51. The van der Waals surface area contributed by atoms with Gasteiger partial charge in [0, 0.05) is 18.5 Å². The number of benzene rings is 2. The van der Waals surface area contributed by atoms with Crippen LogP contribution in [0, 0.1) is 11.6 Å². The number of hydrogen-bond acceptors (Lipinski definition) is 4. The molecule has 1 aliphatic heterocycles. The number of ether oxygens (including phenoxy) is 2. The maximum absolute atomic E-state index is 14.6. The molecule has 1 atom stereocenters. The Hall–Kier alpha value is -3.16. The van der Waals surface area contributed by atoms with Gasteiger partial charge in [-0.25, -0.2) is 14.0 Å². The topological polar surface area (TPSA) is 76.1 Å². The van der Waals surface area contributed by atoms with Crippen molar-refractivity contribution in [3.05, 3.63) is 53.6 Å². The Bertz CT molecular complexity index is 953. The van der Waals surface area contributed by atoms with Gasteiger partial charge in [-0.05, 0) is 50.6 Å². The molecule has 0 radical (unpaired) electrons. The van der Waals surface area contributed by atoms with Crippen LogP contribution in [0.15, 0.2) is 36.4 Å². The molecule has 6 nitrogen and oxygen atoms in total. The molecule has 2 aromatic rings. The first-order valence-electron chi connectivity index (χ1n) is 9.51. The lowest BCUT2D eigenvalue weighted by atomic mass is 10.0. The summed E-state index contributed by atoms with van der Waals surface area (Å²) in [5.74, 6) is -3.55. The van der Waals surface area contributed by atoms with Crippen molar-refractivity contribution in [2.75, 3.05) is 13.1 Å². The van der Waals surface area contributed by atoms with E-state index in [9.17, 15) is 18.4 Å². The van der Waals surface area contributed by atoms with E-state index in [2.05, 4.69) is 0 Å². The number of carboxylic acids is 1. The number of carbonyl (C=O) groups excluding carboxylic acids is 1. The maximum Gasteiger partial charge on any atom is 0.410 e. The zero-order chi connectivity index (χ0) is 22.1. The van der Waals surface area contributed by atoms with Crippen LogP contribution >= 0.6 is 0 Å². The second-order valence-corrected chi connectivity index (χ2v) is 8.08. The van der Waals surface area contributed by atoms with Gasteiger partial charge in [-0.1, -0.05) is 12.1 Å². The Labute approximate surface area is 173 Å². The van der Waals surface area contributed by atoms with E-state index in [1.165, 1.54) is 35.2 Å². The fourth-order valence-electron chi connectivity index (χ4n) is 3.15. The number of hydrogen-bond donors (Lipinski definition) is 1. The van der Waals surface area contributed by atoms with Crippen LogP contribution < -0.4 is 4.74 Å². The normalized spacial score (nSPS) is 16.4. The quantitative estimate of drug-likeness (QED) is 0.776. The summed E-state index contributed by atoms with van der Waals surface area (Å²) in [6, 6.07) is 8.13. The lowest BCUT2D eigenvalue weighted by Crippen LogP contribution is -2.36. The summed E-state index contributed by atoms with van der Waals surface area (Å²) in [6.07, 6.45) is -0.587. The molecular weight excluding hydrogens is 396 g/mol. The molecule has 0 spiro atoms. The van der Waals surface area contributed by atoms with Crippen molar-refractivity contribution in [3.8, 4) is 16.9 Å². The van der Waals surface area contributed by atoms with Crippen molar-refractivity contribution in [3.63, 3.8) is 0 Å². The predicted octanol–water partition coefficient (Wildman–Crippen LogP) is 4.72. The first kappa shape index (κ1) is 21.5. The van der Waals surface area contributed by atoms with E-state index in [0.29, 0.717) is 24.1 Å². The minimum absolute atomic E-state index is 0.0765. The smallest absolute Gasteiger partial charge is 0.410 e. The summed E-state index contributed by atoms with van der Waals surface area (Å²) in [7, 11) is 0. The molecule has 1 amide bonds. The van der Waals surface area contributed by atoms with Gasteiger partial charge in [0.1, 0.15) is 11.7 Å². The molecule has 1 heterocycles. The number of carbonyl (C=O) groups is 2. The highest BCUT2D eigenvalue weighted by Gasteiger charge is 2.32. The van der Waals surface area contributed by atoms with Crippen LogP contribution in [0.25, 0.3) is 11.1 Å². The number of likely N-dealkylation sites (tertiary alicyclic amines) is 1. The predicted molar refractivity (Wildman–Crippen MR) is 106 cm³/mol. The van der Waals surface area contributed by atoms with Crippen LogP contribution in [-0.2, 0) is 4.74 Å². The molecule has 30 heavy (non-hydrogen) atoms. The Morgan fingerprint density at radius 3 is 2.37 bits per heavy atom. The summed E-state index contributed by atoms with van der Waals surface area (Å²) >= 11 is 0. The van der Waals surface area contributed by atoms with E-state index in [4.69, 9.17) is 14.6 Å². The molecule has 160 valence electrons. The molecule has 3 rings (SSSR count). The molecule has 0 unspecified atom stereocenters. The molecular formula is C22H23F2NO5. The lowest BCUT2D eigenvalue weighted by molar-refractivity contribution is 0.0275. The number of carboxylic acid groups (broad SMARTS) is 1. The summed E-state index contributed by atoms with van der Waals surface area (Å²) in [5.41, 5.74) is 0.213. The van der Waals surface area contributed by atoms with Crippen LogP contribution in [0.4, 0.5) is 13.6 Å². The Kier molecular flexibility index (Phi) is 5.96. The summed E-state index contributed by atoms with van der Waals surface area (Å²) < 4.78 is 39.6. The second kappa shape index (κ2) is 8.30. The third-order valence-electron chi connectivity index (χ3n) is 4.57. The van der Waals surface area contributed by atoms with Crippen LogP contribution in [0.2, 0.25) is 0 Å². The number of nitrogens with zero attached hydrogens (tertiary/aromatic N) is 1. The Morgan fingerprint density at radius 2 is 1.77 bits per heavy atom. The van der Waals surface area contributed by atoms with E-state index in [0.717, 1.165) is 6.07 Å². The molecule has 1 N–H and O–H groups in total. The molecule has 1 saturated heterocycles. The standard InChI is InChI=1S/C22H23F2NO5/c1-22(2,3)30-21(28)25-11-10-15(12-25)29-19-16(8-9-17(23)18(19)24)13-4-6-14(7-5-13)20(26)27/h4-9,15H,10-12H2,1-3H3,(H,26,27)/t15-/m0/s1. The van der Waals surface area contributed by atoms with Crippen molar-refractivity contribution >= 4 is 12.1 Å². The molecule has 0 bridgehead atoms. The van der Waals surface area contributed by atoms with Gasteiger partial charge in [-0.3, -0.25) is 0 Å². The van der Waals surface area contributed by atoms with Crippen LogP contribution in [0.5, 0.6) is 5.75 Å². The molecule has 8 heteroatoms. The van der Waals surface area contributed by atoms with Crippen LogP contribution in [-0.4, -0.2) is 46.9 Å². The van der Waals surface area contributed by atoms with E-state index in [-0.39, 0.29) is 17.9 Å². The van der Waals surface area contributed by atoms with Gasteiger partial charge >= 0.3 is 12.1 Å². The van der Waals surface area contributed by atoms with E-state index < -0.39 is 35.4 Å². The minimum atomic E-state index is -1.13. The second-order valence-electron chi connectivity index (χ2n) is 8.08. The molecule has 2 aromatic carbocycles. The summed E-state index contributed by atoms with van der Waals surface area (Å²) in [4.78, 5) is 24.7. The van der Waals surface area contributed by atoms with Gasteiger partial charge in [0.05, 0.1) is 12.1 Å². The average molecular weight is 419 g/mol. The van der Waals surface area contributed by atoms with Gasteiger partial charge in [0.2, 0.25) is 5.82 Å². The molecule has 0 aromatic heterocycles. The summed E-state index contributed by atoms with van der Waals surface area (Å²) in [5, 5.41) is 9.03. The molecule has 1 aliphatic rings. The number of halogens is 2. The largest absolute Gasteiger partial charge is 0.485 e. The van der Waals surface area contributed by atoms with Gasteiger partial charge in [0.25, 0.3) is 0 Å². The Morgan fingerprint density at radius 1 is 1.10 bits per heavy atom. The SMILES string of the molecule is CC(C)(C)OC(=O)N1CC[C@H](Oc2c(-c3ccc(C(=O)O)cc3)ccc(F)c2F)C1. The number of aromatic carboxylic acids is 1. The summed E-state index contributed by atoms with van der Waals surface area (Å²) in [6.45, 7) is 5.85. The van der Waals surface area contributed by atoms with Gasteiger partial charge < -0.3 is 19.5 Å². The third-order valence-corrected chi connectivity index (χ3v) is 4.57. The van der Waals surface area contributed by atoms with E-state index in [1.807, 2.05) is 0 Å². The third kappa shape index (κ3) is 4.87. The Balaban J connectivity index is 1.82. The van der Waals surface area contributed by atoms with Crippen molar-refractivity contribution in [2.24, 2.45) is 0 Å². The molecule has 0 saturated carbocycles. The molecule has 0 aliphatic carbocycles. The van der Waals surface area contributed by atoms with Crippen molar-refractivity contribution in [1.82, 2.24) is 4.90 Å². The lowest BCUT2D eigenvalue weighted by Gasteiger charge is -2.24. The van der Waals surface area contributed by atoms with Crippen molar-refractivity contribution < 1.29 is 33.0 Å².